The van der Waals surface area contributed by atoms with Crippen molar-refractivity contribution in [3.05, 3.63) is 35.6 Å². The first-order valence-electron chi connectivity index (χ1n) is 10.7. The van der Waals surface area contributed by atoms with E-state index in [9.17, 15) is 14.0 Å². The van der Waals surface area contributed by atoms with Crippen molar-refractivity contribution in [1.29, 1.82) is 0 Å². The lowest BCUT2D eigenvalue weighted by molar-refractivity contribution is -0.147. The second-order valence-corrected chi connectivity index (χ2v) is 7.70. The van der Waals surface area contributed by atoms with E-state index in [-0.39, 0.29) is 11.5 Å². The Kier molecular flexibility index (Phi) is 12.2. The molecule has 0 radical (unpaired) electrons. The summed E-state index contributed by atoms with van der Waals surface area (Å²) in [5.41, 5.74) is 0.192. The van der Waals surface area contributed by atoms with Gasteiger partial charge in [-0.05, 0) is 30.5 Å². The van der Waals surface area contributed by atoms with E-state index in [0.717, 1.165) is 25.3 Å². The Hall–Kier alpha value is -1.91. The summed E-state index contributed by atoms with van der Waals surface area (Å²) >= 11 is 0. The summed E-state index contributed by atoms with van der Waals surface area (Å²) < 4.78 is 18.6. The maximum atomic E-state index is 13.3. The van der Waals surface area contributed by atoms with Crippen molar-refractivity contribution in [3.8, 4) is 0 Å². The summed E-state index contributed by atoms with van der Waals surface area (Å²) in [5, 5.41) is 2.67. The van der Waals surface area contributed by atoms with Crippen LogP contribution in [0.25, 0.3) is 0 Å². The molecule has 4 nitrogen and oxygen atoms in total. The van der Waals surface area contributed by atoms with Crippen LogP contribution < -0.4 is 5.32 Å². The minimum atomic E-state index is -0.741. The Morgan fingerprint density at radius 2 is 1.61 bits per heavy atom. The normalized spacial score (nSPS) is 12.0. The maximum Gasteiger partial charge on any atom is 0.328 e. The Labute approximate surface area is 169 Å². The average molecular weight is 394 g/mol. The van der Waals surface area contributed by atoms with Gasteiger partial charge in [0.2, 0.25) is 0 Å². The fourth-order valence-corrected chi connectivity index (χ4v) is 3.03. The summed E-state index contributed by atoms with van der Waals surface area (Å²) in [6, 6.07) is 4.67. The number of carbonyl (C=O) groups excluding carboxylic acids is 2. The predicted molar refractivity (Wildman–Crippen MR) is 111 cm³/mol. The highest BCUT2D eigenvalue weighted by molar-refractivity contribution is 5.96. The zero-order valence-corrected chi connectivity index (χ0v) is 17.6. The zero-order chi connectivity index (χ0) is 20.8. The molecular formula is C23H36FNO3. The quantitative estimate of drug-likeness (QED) is 0.328. The number of hydrogen-bond acceptors (Lipinski definition) is 3. The molecule has 0 heterocycles. The van der Waals surface area contributed by atoms with Gasteiger partial charge in [0, 0.05) is 5.56 Å². The molecule has 0 fully saturated rings. The number of nitrogens with one attached hydrogen (secondary N) is 1. The SMILES string of the molecule is CCCCCCCCCCCOC(=O)C(NC(=O)c1cccc(F)c1)C(C)C. The van der Waals surface area contributed by atoms with Crippen molar-refractivity contribution < 1.29 is 18.7 Å². The van der Waals surface area contributed by atoms with Crippen molar-refractivity contribution in [2.75, 3.05) is 6.61 Å². The Bertz CT molecular complexity index is 589. The van der Waals surface area contributed by atoms with Gasteiger partial charge in [-0.15, -0.1) is 0 Å². The molecule has 0 aliphatic heterocycles. The molecular weight excluding hydrogens is 357 g/mol. The summed E-state index contributed by atoms with van der Waals surface area (Å²) in [6.45, 7) is 6.28. The third kappa shape index (κ3) is 9.86. The van der Waals surface area contributed by atoms with Gasteiger partial charge in [-0.2, -0.15) is 0 Å². The molecule has 5 heteroatoms. The first-order valence-corrected chi connectivity index (χ1v) is 10.7. The van der Waals surface area contributed by atoms with E-state index < -0.39 is 23.7 Å². The second kappa shape index (κ2) is 14.1. The predicted octanol–water partition coefficient (Wildman–Crippen LogP) is 5.65. The largest absolute Gasteiger partial charge is 0.464 e. The maximum absolute atomic E-state index is 13.3. The van der Waals surface area contributed by atoms with Crippen LogP contribution in [0, 0.1) is 11.7 Å². The molecule has 0 aromatic heterocycles. The Morgan fingerprint density at radius 1 is 1.00 bits per heavy atom. The van der Waals surface area contributed by atoms with Gasteiger partial charge in [-0.3, -0.25) is 4.79 Å². The summed E-state index contributed by atoms with van der Waals surface area (Å²) in [7, 11) is 0. The minimum Gasteiger partial charge on any atom is -0.464 e. The third-order valence-electron chi connectivity index (χ3n) is 4.79. The zero-order valence-electron chi connectivity index (χ0n) is 17.6. The number of halogens is 1. The van der Waals surface area contributed by atoms with Crippen LogP contribution in [0.2, 0.25) is 0 Å². The molecule has 0 aliphatic carbocycles. The van der Waals surface area contributed by atoms with Crippen LogP contribution in [-0.4, -0.2) is 24.5 Å². The third-order valence-corrected chi connectivity index (χ3v) is 4.79. The molecule has 1 rings (SSSR count). The van der Waals surface area contributed by atoms with E-state index in [2.05, 4.69) is 12.2 Å². The molecule has 0 saturated heterocycles. The lowest BCUT2D eigenvalue weighted by Crippen LogP contribution is -2.45. The standard InChI is InChI=1S/C23H36FNO3/c1-4-5-6-7-8-9-10-11-12-16-28-23(27)21(18(2)3)25-22(26)19-14-13-15-20(24)17-19/h13-15,17-18,21H,4-12,16H2,1-3H3,(H,25,26). The van der Waals surface area contributed by atoms with E-state index in [1.807, 2.05) is 13.8 Å². The minimum absolute atomic E-state index is 0.117. The highest BCUT2D eigenvalue weighted by Gasteiger charge is 2.26. The fourth-order valence-electron chi connectivity index (χ4n) is 3.03. The smallest absolute Gasteiger partial charge is 0.328 e. The van der Waals surface area contributed by atoms with Gasteiger partial charge in [-0.1, -0.05) is 78.2 Å². The van der Waals surface area contributed by atoms with Crippen molar-refractivity contribution in [1.82, 2.24) is 5.32 Å². The van der Waals surface area contributed by atoms with E-state index in [1.54, 1.807) is 0 Å². The van der Waals surface area contributed by atoms with Crippen molar-refractivity contribution in [2.45, 2.75) is 84.6 Å². The topological polar surface area (TPSA) is 55.4 Å². The number of rotatable bonds is 14. The van der Waals surface area contributed by atoms with Crippen molar-refractivity contribution in [3.63, 3.8) is 0 Å². The number of hydrogen-bond donors (Lipinski definition) is 1. The number of carbonyl (C=O) groups is 2. The molecule has 0 saturated carbocycles. The summed E-state index contributed by atoms with van der Waals surface area (Å²) in [5.74, 6) is -1.51. The number of ether oxygens (including phenoxy) is 1. The molecule has 0 spiro atoms. The van der Waals surface area contributed by atoms with Gasteiger partial charge in [0.15, 0.2) is 0 Å². The Morgan fingerprint density at radius 3 is 2.18 bits per heavy atom. The molecule has 1 unspecified atom stereocenters. The monoisotopic (exact) mass is 393 g/mol. The van der Waals surface area contributed by atoms with E-state index in [0.29, 0.717) is 6.61 Å². The molecule has 1 amide bonds. The average Bonchev–Trinajstić information content (AvgIpc) is 2.66. The number of esters is 1. The van der Waals surface area contributed by atoms with Gasteiger partial charge in [0.25, 0.3) is 5.91 Å². The molecule has 1 aromatic rings. The van der Waals surface area contributed by atoms with Crippen LogP contribution in [0.5, 0.6) is 0 Å². The molecule has 158 valence electrons. The number of benzene rings is 1. The first-order chi connectivity index (χ1) is 13.5. The number of unbranched alkanes of at least 4 members (excludes halogenated alkanes) is 8. The van der Waals surface area contributed by atoms with Gasteiger partial charge < -0.3 is 10.1 Å². The van der Waals surface area contributed by atoms with Crippen LogP contribution in [0.15, 0.2) is 24.3 Å². The van der Waals surface area contributed by atoms with E-state index in [4.69, 9.17) is 4.74 Å². The number of amides is 1. The summed E-state index contributed by atoms with van der Waals surface area (Å²) in [4.78, 5) is 24.6. The summed E-state index contributed by atoms with van der Waals surface area (Å²) in [6.07, 6.45) is 10.8. The van der Waals surface area contributed by atoms with Crippen LogP contribution in [0.3, 0.4) is 0 Å². The first kappa shape index (κ1) is 24.1. The highest BCUT2D eigenvalue weighted by atomic mass is 19.1. The van der Waals surface area contributed by atoms with Gasteiger partial charge in [0.05, 0.1) is 6.61 Å². The van der Waals surface area contributed by atoms with Crippen molar-refractivity contribution >= 4 is 11.9 Å². The lowest BCUT2D eigenvalue weighted by Gasteiger charge is -2.21. The highest BCUT2D eigenvalue weighted by Crippen LogP contribution is 2.11. The fraction of sp³-hybridized carbons (Fsp3) is 0.652. The van der Waals surface area contributed by atoms with Gasteiger partial charge in [0.1, 0.15) is 11.9 Å². The van der Waals surface area contributed by atoms with Crippen LogP contribution >= 0.6 is 0 Å². The van der Waals surface area contributed by atoms with Gasteiger partial charge >= 0.3 is 5.97 Å². The molecule has 0 bridgehead atoms. The van der Waals surface area contributed by atoms with Crippen LogP contribution in [-0.2, 0) is 9.53 Å². The van der Waals surface area contributed by atoms with Crippen LogP contribution in [0.4, 0.5) is 4.39 Å². The molecule has 28 heavy (non-hydrogen) atoms. The van der Waals surface area contributed by atoms with E-state index >= 15 is 0 Å². The second-order valence-electron chi connectivity index (χ2n) is 7.70. The van der Waals surface area contributed by atoms with Gasteiger partial charge in [-0.25, -0.2) is 9.18 Å². The molecule has 1 atom stereocenters. The van der Waals surface area contributed by atoms with Crippen LogP contribution in [0.1, 0.15) is 88.9 Å². The lowest BCUT2D eigenvalue weighted by atomic mass is 10.0. The van der Waals surface area contributed by atoms with Crippen molar-refractivity contribution in [2.24, 2.45) is 5.92 Å². The molecule has 0 aliphatic rings. The molecule has 1 N–H and O–H groups in total. The van der Waals surface area contributed by atoms with E-state index in [1.165, 1.54) is 56.7 Å². The Balaban J connectivity index is 2.28. The molecule has 1 aromatic carbocycles.